The van der Waals surface area contributed by atoms with Gasteiger partial charge in [0, 0.05) is 11.8 Å². The molecule has 0 unspecified atom stereocenters. The number of hydrogen-bond acceptors (Lipinski definition) is 5. The van der Waals surface area contributed by atoms with E-state index < -0.39 is 12.6 Å². The first-order valence-corrected chi connectivity index (χ1v) is 6.62. The summed E-state index contributed by atoms with van der Waals surface area (Å²) in [5.41, 5.74) is 0. The first-order chi connectivity index (χ1) is 8.93. The summed E-state index contributed by atoms with van der Waals surface area (Å²) in [6.45, 7) is 1.86. The second-order valence-corrected chi connectivity index (χ2v) is 4.76. The predicted molar refractivity (Wildman–Crippen MR) is 62.6 cm³/mol. The van der Waals surface area contributed by atoms with E-state index in [1.807, 2.05) is 23.5 Å². The molecule has 19 heavy (non-hydrogen) atoms. The Morgan fingerprint density at radius 1 is 1.42 bits per heavy atom. The van der Waals surface area contributed by atoms with Crippen molar-refractivity contribution in [3.8, 4) is 11.8 Å². The van der Waals surface area contributed by atoms with E-state index in [1.54, 1.807) is 0 Å². The number of halogens is 3. The zero-order chi connectivity index (χ0) is 14.0. The standard InChI is InChI=1S/C9H9F3N4OS.Al/c1-2-5-13-8(17)16(15-5)6-4-18-7(14-6)3-9(10,11)12;/h4H,2-3H2,1H3,(H,13,15,17);/q;+1/p-1. The summed E-state index contributed by atoms with van der Waals surface area (Å²) in [6, 6.07) is 0.172. The molecule has 0 amide bonds. The van der Waals surface area contributed by atoms with Crippen molar-refractivity contribution in [2.75, 3.05) is 0 Å². The van der Waals surface area contributed by atoms with Gasteiger partial charge in [-0.3, -0.25) is 0 Å². The Bertz CT molecular complexity index is 568. The number of aromatic nitrogens is 4. The van der Waals surface area contributed by atoms with Crippen LogP contribution in [0.15, 0.2) is 5.38 Å². The van der Waals surface area contributed by atoms with Crippen molar-refractivity contribution >= 4 is 28.0 Å². The lowest BCUT2D eigenvalue weighted by Crippen LogP contribution is -2.11. The van der Waals surface area contributed by atoms with Crippen LogP contribution in [0, 0.1) is 0 Å². The minimum absolute atomic E-state index is 0.0224. The molecular formula is C9H8AlF3N4OS. The SMILES string of the molecule is CCc1nc([O][Al])n(-c2csc(CC(F)(F)F)n2)n1. The highest BCUT2D eigenvalue weighted by Crippen LogP contribution is 2.25. The summed E-state index contributed by atoms with van der Waals surface area (Å²) in [7, 11) is 0. The average Bonchev–Trinajstić information content (AvgIpc) is 2.92. The Balaban J connectivity index is 2.29. The van der Waals surface area contributed by atoms with Crippen LogP contribution in [0.25, 0.3) is 5.82 Å². The summed E-state index contributed by atoms with van der Waals surface area (Å²) in [4.78, 5) is 7.95. The number of thiazole rings is 1. The van der Waals surface area contributed by atoms with Crippen LogP contribution in [-0.4, -0.2) is 42.5 Å². The first kappa shape index (κ1) is 14.3. The van der Waals surface area contributed by atoms with Crippen molar-refractivity contribution in [1.82, 2.24) is 19.7 Å². The second kappa shape index (κ2) is 5.48. The summed E-state index contributed by atoms with van der Waals surface area (Å²) in [5, 5.41) is 5.58. The van der Waals surface area contributed by atoms with Crippen LogP contribution in [-0.2, 0) is 12.8 Å². The van der Waals surface area contributed by atoms with Gasteiger partial charge in [-0.15, -0.1) is 16.4 Å². The molecule has 2 aromatic heterocycles. The van der Waals surface area contributed by atoms with Gasteiger partial charge in [0.1, 0.15) is 5.01 Å². The number of aryl methyl sites for hydroxylation is 1. The third-order valence-corrected chi connectivity index (χ3v) is 3.20. The maximum Gasteiger partial charge on any atom is 0.485 e. The van der Waals surface area contributed by atoms with Crippen molar-refractivity contribution in [3.05, 3.63) is 16.2 Å². The monoisotopic (exact) mass is 304 g/mol. The molecule has 0 aliphatic heterocycles. The van der Waals surface area contributed by atoms with E-state index >= 15 is 0 Å². The quantitative estimate of drug-likeness (QED) is 0.809. The van der Waals surface area contributed by atoms with Gasteiger partial charge in [0.25, 0.3) is 6.01 Å². The molecule has 0 fully saturated rings. The molecule has 0 aliphatic carbocycles. The summed E-state index contributed by atoms with van der Waals surface area (Å²) in [5.74, 6) is 0.803. The lowest BCUT2D eigenvalue weighted by Gasteiger charge is -2.03. The molecule has 0 saturated heterocycles. The van der Waals surface area contributed by atoms with Gasteiger partial charge in [-0.05, 0) is 0 Å². The fourth-order valence-corrected chi connectivity index (χ4v) is 2.30. The lowest BCUT2D eigenvalue weighted by molar-refractivity contribution is -0.127. The average molecular weight is 304 g/mol. The molecule has 0 aliphatic rings. The van der Waals surface area contributed by atoms with E-state index in [0.717, 1.165) is 11.3 Å². The molecule has 2 heterocycles. The van der Waals surface area contributed by atoms with Gasteiger partial charge >= 0.3 is 22.8 Å². The Morgan fingerprint density at radius 2 is 2.16 bits per heavy atom. The molecule has 0 atom stereocenters. The van der Waals surface area contributed by atoms with Gasteiger partial charge in [-0.1, -0.05) is 6.92 Å². The van der Waals surface area contributed by atoms with E-state index in [0.29, 0.717) is 12.2 Å². The molecule has 2 rings (SSSR count). The number of rotatable bonds is 4. The molecule has 100 valence electrons. The topological polar surface area (TPSA) is 52.8 Å². The van der Waals surface area contributed by atoms with Crippen molar-refractivity contribution in [1.29, 1.82) is 0 Å². The zero-order valence-electron chi connectivity index (χ0n) is 9.81. The summed E-state index contributed by atoms with van der Waals surface area (Å²) in [6.07, 6.45) is -4.73. The van der Waals surface area contributed by atoms with E-state index in [9.17, 15) is 13.2 Å². The van der Waals surface area contributed by atoms with Gasteiger partial charge in [0.2, 0.25) is 0 Å². The lowest BCUT2D eigenvalue weighted by atomic mass is 10.4. The van der Waals surface area contributed by atoms with Crippen LogP contribution in [0.5, 0.6) is 6.01 Å². The van der Waals surface area contributed by atoms with Gasteiger partial charge in [-0.25, -0.2) is 4.98 Å². The third-order valence-electron chi connectivity index (χ3n) is 2.15. The normalized spacial score (nSPS) is 11.8. The molecule has 2 radical (unpaired) electrons. The maximum atomic E-state index is 12.3. The van der Waals surface area contributed by atoms with Crippen molar-refractivity contribution in [2.45, 2.75) is 25.9 Å². The molecular weight excluding hydrogens is 296 g/mol. The number of hydrogen-bond donors (Lipinski definition) is 0. The van der Waals surface area contributed by atoms with Gasteiger partial charge in [0.15, 0.2) is 11.6 Å². The predicted octanol–water partition coefficient (Wildman–Crippen LogP) is 1.85. The number of nitrogens with zero attached hydrogens (tertiary/aromatic N) is 4. The van der Waals surface area contributed by atoms with Crippen LogP contribution < -0.4 is 3.79 Å². The minimum atomic E-state index is -4.27. The van der Waals surface area contributed by atoms with Crippen LogP contribution in [0.4, 0.5) is 13.2 Å². The molecule has 10 heteroatoms. The van der Waals surface area contributed by atoms with Crippen LogP contribution in [0.3, 0.4) is 0 Å². The fraction of sp³-hybridized carbons (Fsp3) is 0.444. The van der Waals surface area contributed by atoms with Crippen LogP contribution in [0.2, 0.25) is 0 Å². The maximum absolute atomic E-state index is 12.3. The molecule has 0 saturated carbocycles. The second-order valence-electron chi connectivity index (χ2n) is 3.59. The first-order valence-electron chi connectivity index (χ1n) is 5.27. The van der Waals surface area contributed by atoms with Crippen LogP contribution in [0.1, 0.15) is 17.8 Å². The molecule has 0 spiro atoms. The highest BCUT2D eigenvalue weighted by molar-refractivity contribution is 7.09. The minimum Gasteiger partial charge on any atom is -0.626 e. The Hall–Kier alpha value is -1.11. The fourth-order valence-electron chi connectivity index (χ4n) is 1.36. The highest BCUT2D eigenvalue weighted by atomic mass is 32.1. The molecule has 0 bridgehead atoms. The Kier molecular flexibility index (Phi) is 4.13. The highest BCUT2D eigenvalue weighted by Gasteiger charge is 2.29. The molecule has 2 aromatic rings. The largest absolute Gasteiger partial charge is 0.626 e. The van der Waals surface area contributed by atoms with Gasteiger partial charge in [0.05, 0.1) is 6.42 Å². The van der Waals surface area contributed by atoms with E-state index in [4.69, 9.17) is 3.79 Å². The van der Waals surface area contributed by atoms with Gasteiger partial charge in [-0.2, -0.15) is 22.8 Å². The third kappa shape index (κ3) is 3.46. The zero-order valence-corrected chi connectivity index (χ0v) is 11.8. The van der Waals surface area contributed by atoms with E-state index in [-0.39, 0.29) is 16.8 Å². The summed E-state index contributed by atoms with van der Waals surface area (Å²) >= 11 is 2.95. The molecule has 0 aromatic carbocycles. The molecule has 5 nitrogen and oxygen atoms in total. The number of alkyl halides is 3. The van der Waals surface area contributed by atoms with Gasteiger partial charge < -0.3 is 3.79 Å². The van der Waals surface area contributed by atoms with Crippen molar-refractivity contribution in [2.24, 2.45) is 0 Å². The molecule has 0 N–H and O–H groups in total. The van der Waals surface area contributed by atoms with Crippen molar-refractivity contribution in [3.63, 3.8) is 0 Å². The summed E-state index contributed by atoms with van der Waals surface area (Å²) < 4.78 is 43.0. The van der Waals surface area contributed by atoms with Crippen LogP contribution >= 0.6 is 11.3 Å². The Morgan fingerprint density at radius 3 is 2.74 bits per heavy atom. The smallest absolute Gasteiger partial charge is 0.485 e. The van der Waals surface area contributed by atoms with E-state index in [2.05, 4.69) is 15.1 Å². The Labute approximate surface area is 119 Å². The van der Waals surface area contributed by atoms with Crippen molar-refractivity contribution < 1.29 is 17.0 Å². The van der Waals surface area contributed by atoms with E-state index in [1.165, 1.54) is 10.1 Å².